The number of carbonyl (C=O) groups excluding carboxylic acids is 2. The van der Waals surface area contributed by atoms with Crippen molar-refractivity contribution >= 4 is 23.1 Å². The second kappa shape index (κ2) is 10.5. The molecule has 1 amide bonds. The van der Waals surface area contributed by atoms with Crippen molar-refractivity contribution in [2.45, 2.75) is 45.1 Å². The second-order valence-electron chi connectivity index (χ2n) is 9.33. The Balaban J connectivity index is 1.68. The fourth-order valence-electron chi connectivity index (χ4n) is 5.46. The third-order valence-electron chi connectivity index (χ3n) is 7.15. The van der Waals surface area contributed by atoms with Crippen molar-refractivity contribution in [2.24, 2.45) is 0 Å². The highest BCUT2D eigenvalue weighted by Crippen LogP contribution is 2.48. The first-order valence-corrected chi connectivity index (χ1v) is 12.9. The number of hydrogen-bond acceptors (Lipinski definition) is 5. The van der Waals surface area contributed by atoms with Crippen LogP contribution in [0.4, 0.5) is 11.4 Å². The maximum atomic E-state index is 14.0. The number of Topliss-reactive ketones (excluding diaryl/α,β-unsaturated/α-hetero) is 1. The van der Waals surface area contributed by atoms with Crippen molar-refractivity contribution in [3.63, 3.8) is 0 Å². The van der Waals surface area contributed by atoms with E-state index in [1.165, 1.54) is 0 Å². The van der Waals surface area contributed by atoms with Gasteiger partial charge in [0, 0.05) is 30.0 Å². The van der Waals surface area contributed by atoms with Gasteiger partial charge < -0.3 is 14.8 Å². The molecule has 0 radical (unpaired) electrons. The number of para-hydroxylation sites is 3. The minimum absolute atomic E-state index is 0.0291. The third kappa shape index (κ3) is 4.59. The highest BCUT2D eigenvalue weighted by atomic mass is 16.5. The largest absolute Gasteiger partial charge is 0.497 e. The lowest BCUT2D eigenvalue weighted by Gasteiger charge is -2.35. The minimum atomic E-state index is -0.542. The van der Waals surface area contributed by atoms with Gasteiger partial charge in [0.1, 0.15) is 11.5 Å². The van der Waals surface area contributed by atoms with Gasteiger partial charge in [0.2, 0.25) is 5.91 Å². The predicted octanol–water partition coefficient (Wildman–Crippen LogP) is 6.40. The van der Waals surface area contributed by atoms with E-state index < -0.39 is 6.04 Å². The highest BCUT2D eigenvalue weighted by molar-refractivity contribution is 6.06. The zero-order chi connectivity index (χ0) is 25.9. The number of benzene rings is 3. The van der Waals surface area contributed by atoms with E-state index >= 15 is 0 Å². The molecule has 1 aliphatic heterocycles. The molecule has 2 atom stereocenters. The van der Waals surface area contributed by atoms with Crippen LogP contribution in [0, 0.1) is 0 Å². The van der Waals surface area contributed by atoms with E-state index in [0.29, 0.717) is 31.4 Å². The van der Waals surface area contributed by atoms with Crippen LogP contribution < -0.4 is 19.7 Å². The van der Waals surface area contributed by atoms with Crippen molar-refractivity contribution in [1.82, 2.24) is 0 Å². The molecule has 2 aliphatic rings. The second-order valence-corrected chi connectivity index (χ2v) is 9.33. The summed E-state index contributed by atoms with van der Waals surface area (Å²) in [5, 5.41) is 3.57. The first-order valence-electron chi connectivity index (χ1n) is 12.9. The van der Waals surface area contributed by atoms with Crippen molar-refractivity contribution in [2.75, 3.05) is 23.9 Å². The highest BCUT2D eigenvalue weighted by Gasteiger charge is 2.41. The van der Waals surface area contributed by atoms with Crippen LogP contribution in [-0.2, 0) is 9.59 Å². The third-order valence-corrected chi connectivity index (χ3v) is 7.15. The Hall–Kier alpha value is -4.06. The number of methoxy groups -OCH3 is 1. The van der Waals surface area contributed by atoms with Gasteiger partial charge in [0.15, 0.2) is 5.78 Å². The number of fused-ring (bicyclic) bond motifs is 1. The SMILES string of the molecule is CCOc1ccccc1[C@H]1CC(=O)C2=C(C1)Nc1ccccc1N(C(=O)CC)[C@H]2c1ccc(OC)cc1. The van der Waals surface area contributed by atoms with Crippen LogP contribution >= 0.6 is 0 Å². The van der Waals surface area contributed by atoms with E-state index in [1.807, 2.05) is 86.6 Å². The average Bonchev–Trinajstić information content (AvgIpc) is 3.08. The molecule has 6 heteroatoms. The Morgan fingerprint density at radius 2 is 1.70 bits per heavy atom. The smallest absolute Gasteiger partial charge is 0.227 e. The van der Waals surface area contributed by atoms with E-state index in [1.54, 1.807) is 12.0 Å². The van der Waals surface area contributed by atoms with E-state index in [4.69, 9.17) is 9.47 Å². The molecule has 37 heavy (non-hydrogen) atoms. The molecule has 0 aromatic heterocycles. The van der Waals surface area contributed by atoms with E-state index in [0.717, 1.165) is 39.7 Å². The minimum Gasteiger partial charge on any atom is -0.497 e. The average molecular weight is 497 g/mol. The fourth-order valence-corrected chi connectivity index (χ4v) is 5.46. The molecule has 1 heterocycles. The van der Waals surface area contributed by atoms with Gasteiger partial charge in [0.05, 0.1) is 31.1 Å². The first kappa shape index (κ1) is 24.6. The van der Waals surface area contributed by atoms with Crippen molar-refractivity contribution in [1.29, 1.82) is 0 Å². The number of carbonyl (C=O) groups is 2. The van der Waals surface area contributed by atoms with Crippen LogP contribution in [0.3, 0.4) is 0 Å². The molecule has 190 valence electrons. The summed E-state index contributed by atoms with van der Waals surface area (Å²) in [5.74, 6) is 1.50. The number of ether oxygens (including phenoxy) is 2. The molecular weight excluding hydrogens is 464 g/mol. The molecule has 1 N–H and O–H groups in total. The van der Waals surface area contributed by atoms with Gasteiger partial charge in [-0.3, -0.25) is 14.5 Å². The Kier molecular flexibility index (Phi) is 6.99. The summed E-state index contributed by atoms with van der Waals surface area (Å²) in [4.78, 5) is 29.3. The molecule has 0 spiro atoms. The molecule has 6 nitrogen and oxygen atoms in total. The van der Waals surface area contributed by atoms with Crippen LogP contribution in [0.15, 0.2) is 84.1 Å². The summed E-state index contributed by atoms with van der Waals surface area (Å²) in [6.45, 7) is 4.38. The number of hydrogen-bond donors (Lipinski definition) is 1. The zero-order valence-electron chi connectivity index (χ0n) is 21.5. The molecule has 0 saturated carbocycles. The van der Waals surface area contributed by atoms with Gasteiger partial charge in [-0.15, -0.1) is 0 Å². The molecule has 3 aromatic carbocycles. The summed E-state index contributed by atoms with van der Waals surface area (Å²) in [6.07, 6.45) is 1.31. The summed E-state index contributed by atoms with van der Waals surface area (Å²) < 4.78 is 11.3. The van der Waals surface area contributed by atoms with Crippen molar-refractivity contribution in [3.8, 4) is 11.5 Å². The summed E-state index contributed by atoms with van der Waals surface area (Å²) in [7, 11) is 1.62. The number of amides is 1. The van der Waals surface area contributed by atoms with E-state index in [9.17, 15) is 9.59 Å². The Morgan fingerprint density at radius 3 is 2.43 bits per heavy atom. The molecule has 0 fully saturated rings. The van der Waals surface area contributed by atoms with Gasteiger partial charge >= 0.3 is 0 Å². The lowest BCUT2D eigenvalue weighted by Crippen LogP contribution is -2.38. The van der Waals surface area contributed by atoms with E-state index in [-0.39, 0.29) is 17.6 Å². The Labute approximate surface area is 217 Å². The topological polar surface area (TPSA) is 67.9 Å². The van der Waals surface area contributed by atoms with Crippen LogP contribution in [0.5, 0.6) is 11.5 Å². The van der Waals surface area contributed by atoms with Gasteiger partial charge in [-0.1, -0.05) is 49.4 Å². The lowest BCUT2D eigenvalue weighted by molar-refractivity contribution is -0.119. The fraction of sp³-hybridized carbons (Fsp3) is 0.290. The predicted molar refractivity (Wildman–Crippen MR) is 145 cm³/mol. The number of allylic oxidation sites excluding steroid dienone is 1. The van der Waals surface area contributed by atoms with Gasteiger partial charge in [-0.2, -0.15) is 0 Å². The molecule has 5 rings (SSSR count). The van der Waals surface area contributed by atoms with Crippen molar-refractivity contribution < 1.29 is 19.1 Å². The van der Waals surface area contributed by atoms with Crippen LogP contribution in [0.2, 0.25) is 0 Å². The number of rotatable bonds is 6. The summed E-state index contributed by atoms with van der Waals surface area (Å²) in [6, 6.07) is 22.8. The molecule has 3 aromatic rings. The Bertz CT molecular complexity index is 1350. The maximum Gasteiger partial charge on any atom is 0.227 e. The maximum absolute atomic E-state index is 14.0. The quantitative estimate of drug-likeness (QED) is 0.427. The first-order chi connectivity index (χ1) is 18.0. The monoisotopic (exact) mass is 496 g/mol. The summed E-state index contributed by atoms with van der Waals surface area (Å²) >= 11 is 0. The standard InChI is InChI=1S/C31H32N2O4/c1-4-29(35)33-26-12-8-7-11-24(26)32-25-18-21(23-10-6-9-13-28(23)37-5-2)19-27(34)30(25)31(33)20-14-16-22(36-3)17-15-20/h6-17,21,31-32H,4-5,18-19H2,1-3H3/t21-,31+/m1/s1. The Morgan fingerprint density at radius 1 is 0.973 bits per heavy atom. The van der Waals surface area contributed by atoms with Gasteiger partial charge in [-0.25, -0.2) is 0 Å². The molecule has 0 saturated heterocycles. The zero-order valence-corrected chi connectivity index (χ0v) is 21.5. The van der Waals surface area contributed by atoms with Gasteiger partial charge in [-0.05, 0) is 54.8 Å². The molecule has 0 bridgehead atoms. The summed E-state index contributed by atoms with van der Waals surface area (Å²) in [5.41, 5.74) is 4.99. The van der Waals surface area contributed by atoms with Crippen molar-refractivity contribution in [3.05, 3.63) is 95.2 Å². The molecular formula is C31H32N2O4. The number of anilines is 2. The number of nitrogens with zero attached hydrogens (tertiary/aromatic N) is 1. The number of ketones is 1. The van der Waals surface area contributed by atoms with Crippen LogP contribution in [0.25, 0.3) is 0 Å². The van der Waals surface area contributed by atoms with Gasteiger partial charge in [0.25, 0.3) is 0 Å². The lowest BCUT2D eigenvalue weighted by atomic mass is 9.78. The normalized spacial score (nSPS) is 18.9. The molecule has 1 aliphatic carbocycles. The van der Waals surface area contributed by atoms with Crippen LogP contribution in [0.1, 0.15) is 56.2 Å². The molecule has 0 unspecified atom stereocenters. The van der Waals surface area contributed by atoms with Crippen LogP contribution in [-0.4, -0.2) is 25.4 Å². The van der Waals surface area contributed by atoms with E-state index in [2.05, 4.69) is 5.32 Å². The number of nitrogens with one attached hydrogen (secondary N) is 1.